The molecule has 0 spiro atoms. The first-order chi connectivity index (χ1) is 9.24. The summed E-state index contributed by atoms with van der Waals surface area (Å²) in [6.45, 7) is 1.33. The Kier molecular flexibility index (Phi) is 5.06. The van der Waals surface area contributed by atoms with Crippen LogP contribution in [0, 0.1) is 6.92 Å². The number of esters is 1. The van der Waals surface area contributed by atoms with Crippen LogP contribution in [0.1, 0.15) is 23.1 Å². The SMILES string of the molecule is CCOC(=O)c1nnn(CC(=O)NCC(F)(F)F)c1C. The maximum absolute atomic E-state index is 11.9. The fourth-order valence-corrected chi connectivity index (χ4v) is 1.29. The number of halogens is 3. The molecule has 0 aliphatic heterocycles. The highest BCUT2D eigenvalue weighted by Gasteiger charge is 2.28. The molecule has 1 rings (SSSR count). The lowest BCUT2D eigenvalue weighted by Gasteiger charge is -2.08. The third-order valence-corrected chi connectivity index (χ3v) is 2.23. The van der Waals surface area contributed by atoms with Gasteiger partial charge < -0.3 is 10.1 Å². The fourth-order valence-electron chi connectivity index (χ4n) is 1.29. The molecule has 1 aromatic heterocycles. The molecule has 1 N–H and O–H groups in total. The normalized spacial score (nSPS) is 11.2. The molecular formula is C10H13F3N4O3. The first-order valence-corrected chi connectivity index (χ1v) is 5.65. The number of alkyl halides is 3. The van der Waals surface area contributed by atoms with Crippen molar-refractivity contribution in [2.45, 2.75) is 26.6 Å². The van der Waals surface area contributed by atoms with Crippen LogP contribution in [0.3, 0.4) is 0 Å². The number of aromatic nitrogens is 3. The van der Waals surface area contributed by atoms with Gasteiger partial charge in [0.05, 0.1) is 12.3 Å². The van der Waals surface area contributed by atoms with Crippen molar-refractivity contribution in [1.29, 1.82) is 0 Å². The van der Waals surface area contributed by atoms with Gasteiger partial charge in [0.2, 0.25) is 5.91 Å². The summed E-state index contributed by atoms with van der Waals surface area (Å²) in [5.41, 5.74) is 0.168. The predicted molar refractivity (Wildman–Crippen MR) is 59.8 cm³/mol. The van der Waals surface area contributed by atoms with Crippen LogP contribution in [0.2, 0.25) is 0 Å². The van der Waals surface area contributed by atoms with Crippen LogP contribution >= 0.6 is 0 Å². The molecule has 0 bridgehead atoms. The van der Waals surface area contributed by atoms with Gasteiger partial charge in [-0.05, 0) is 13.8 Å². The zero-order valence-corrected chi connectivity index (χ0v) is 10.8. The molecule has 0 unspecified atom stereocenters. The molecule has 0 aliphatic carbocycles. The maximum Gasteiger partial charge on any atom is 0.405 e. The maximum atomic E-state index is 11.9. The van der Waals surface area contributed by atoms with Crippen molar-refractivity contribution in [2.75, 3.05) is 13.2 Å². The third-order valence-electron chi connectivity index (χ3n) is 2.23. The zero-order valence-electron chi connectivity index (χ0n) is 10.8. The van der Waals surface area contributed by atoms with Gasteiger partial charge in [0, 0.05) is 0 Å². The van der Waals surface area contributed by atoms with Gasteiger partial charge in [0.15, 0.2) is 5.69 Å². The van der Waals surface area contributed by atoms with Crippen molar-refractivity contribution < 1.29 is 27.5 Å². The van der Waals surface area contributed by atoms with E-state index >= 15 is 0 Å². The summed E-state index contributed by atoms with van der Waals surface area (Å²) >= 11 is 0. The molecule has 1 heterocycles. The molecule has 10 heteroatoms. The quantitative estimate of drug-likeness (QED) is 0.796. The van der Waals surface area contributed by atoms with Gasteiger partial charge in [-0.2, -0.15) is 13.2 Å². The van der Waals surface area contributed by atoms with Crippen LogP contribution in [0.15, 0.2) is 0 Å². The monoisotopic (exact) mass is 294 g/mol. The van der Waals surface area contributed by atoms with Gasteiger partial charge in [-0.1, -0.05) is 5.21 Å². The Labute approximate surface area is 112 Å². The molecule has 0 aromatic carbocycles. The van der Waals surface area contributed by atoms with E-state index in [9.17, 15) is 22.8 Å². The van der Waals surface area contributed by atoms with Crippen LogP contribution in [-0.2, 0) is 16.1 Å². The molecular weight excluding hydrogens is 281 g/mol. The predicted octanol–water partition coefficient (Wildman–Crippen LogP) is 0.442. The van der Waals surface area contributed by atoms with E-state index in [-0.39, 0.29) is 18.0 Å². The summed E-state index contributed by atoms with van der Waals surface area (Å²) in [5.74, 6) is -1.59. The van der Waals surface area contributed by atoms with Gasteiger partial charge in [-0.3, -0.25) is 4.79 Å². The number of rotatable bonds is 5. The van der Waals surface area contributed by atoms with Crippen LogP contribution < -0.4 is 5.32 Å². The van der Waals surface area contributed by atoms with Gasteiger partial charge >= 0.3 is 12.1 Å². The van der Waals surface area contributed by atoms with E-state index in [4.69, 9.17) is 4.74 Å². The molecule has 20 heavy (non-hydrogen) atoms. The lowest BCUT2D eigenvalue weighted by atomic mass is 10.3. The largest absolute Gasteiger partial charge is 0.461 e. The number of nitrogens with one attached hydrogen (secondary N) is 1. The van der Waals surface area contributed by atoms with E-state index in [1.807, 2.05) is 0 Å². The lowest BCUT2D eigenvalue weighted by molar-refractivity contribution is -0.138. The Bertz CT molecular complexity index is 498. The van der Waals surface area contributed by atoms with E-state index in [1.165, 1.54) is 6.92 Å². The van der Waals surface area contributed by atoms with Crippen molar-refractivity contribution >= 4 is 11.9 Å². The summed E-state index contributed by atoms with van der Waals surface area (Å²) in [5, 5.41) is 8.75. The van der Waals surface area contributed by atoms with Crippen molar-refractivity contribution in [2.24, 2.45) is 0 Å². The first kappa shape index (κ1) is 15.9. The molecule has 1 aromatic rings. The summed E-state index contributed by atoms with van der Waals surface area (Å²) in [4.78, 5) is 22.7. The summed E-state index contributed by atoms with van der Waals surface area (Å²) < 4.78 is 41.5. The number of carbonyl (C=O) groups excluding carboxylic acids is 2. The van der Waals surface area contributed by atoms with Gasteiger partial charge in [-0.25, -0.2) is 9.48 Å². The third kappa shape index (κ3) is 4.52. The van der Waals surface area contributed by atoms with Crippen LogP contribution in [0.4, 0.5) is 13.2 Å². The van der Waals surface area contributed by atoms with Crippen LogP contribution in [-0.4, -0.2) is 46.2 Å². The van der Waals surface area contributed by atoms with Gasteiger partial charge in [0.25, 0.3) is 0 Å². The number of amides is 1. The summed E-state index contributed by atoms with van der Waals surface area (Å²) in [6, 6.07) is 0. The second-order valence-electron chi connectivity index (χ2n) is 3.79. The number of nitrogens with zero attached hydrogens (tertiary/aromatic N) is 3. The zero-order chi connectivity index (χ0) is 15.3. The molecule has 1 amide bonds. The molecule has 7 nitrogen and oxygen atoms in total. The topological polar surface area (TPSA) is 86.1 Å². The number of carbonyl (C=O) groups is 2. The Morgan fingerprint density at radius 3 is 2.60 bits per heavy atom. The Hall–Kier alpha value is -2.13. The highest BCUT2D eigenvalue weighted by Crippen LogP contribution is 2.12. The van der Waals surface area contributed by atoms with E-state index in [0.29, 0.717) is 0 Å². The van der Waals surface area contributed by atoms with E-state index < -0.39 is 31.1 Å². The molecule has 112 valence electrons. The fraction of sp³-hybridized carbons (Fsp3) is 0.600. The molecule has 0 atom stereocenters. The van der Waals surface area contributed by atoms with E-state index in [0.717, 1.165) is 4.68 Å². The van der Waals surface area contributed by atoms with Crippen LogP contribution in [0.5, 0.6) is 0 Å². The van der Waals surface area contributed by atoms with Gasteiger partial charge in [0.1, 0.15) is 13.1 Å². The van der Waals surface area contributed by atoms with E-state index in [1.54, 1.807) is 12.2 Å². The van der Waals surface area contributed by atoms with E-state index in [2.05, 4.69) is 10.3 Å². The highest BCUT2D eigenvalue weighted by atomic mass is 19.4. The molecule has 0 radical (unpaired) electrons. The number of hydrogen-bond acceptors (Lipinski definition) is 5. The number of ether oxygens (including phenoxy) is 1. The van der Waals surface area contributed by atoms with Crippen molar-refractivity contribution in [3.63, 3.8) is 0 Å². The molecule has 0 fully saturated rings. The molecule has 0 saturated heterocycles. The molecule has 0 aliphatic rings. The first-order valence-electron chi connectivity index (χ1n) is 5.65. The second kappa shape index (κ2) is 6.35. The minimum atomic E-state index is -4.48. The highest BCUT2D eigenvalue weighted by molar-refractivity contribution is 5.88. The Morgan fingerprint density at radius 1 is 1.40 bits per heavy atom. The van der Waals surface area contributed by atoms with Crippen LogP contribution in [0.25, 0.3) is 0 Å². The van der Waals surface area contributed by atoms with Crippen molar-refractivity contribution in [1.82, 2.24) is 20.3 Å². The van der Waals surface area contributed by atoms with Gasteiger partial charge in [-0.15, -0.1) is 5.10 Å². The molecule has 0 saturated carbocycles. The number of hydrogen-bond donors (Lipinski definition) is 1. The second-order valence-corrected chi connectivity index (χ2v) is 3.79. The minimum Gasteiger partial charge on any atom is -0.461 e. The average molecular weight is 294 g/mol. The smallest absolute Gasteiger partial charge is 0.405 e. The standard InChI is InChI=1S/C10H13F3N4O3/c1-3-20-9(19)8-6(2)17(16-15-8)4-7(18)14-5-10(11,12)13/h3-5H2,1-2H3,(H,14,18). The summed E-state index contributed by atoms with van der Waals surface area (Å²) in [6.07, 6.45) is -4.48. The Balaban J connectivity index is 2.65. The Morgan fingerprint density at radius 2 is 2.05 bits per heavy atom. The lowest BCUT2D eigenvalue weighted by Crippen LogP contribution is -2.36. The van der Waals surface area contributed by atoms with Crippen molar-refractivity contribution in [3.05, 3.63) is 11.4 Å². The minimum absolute atomic E-state index is 0.0736. The van der Waals surface area contributed by atoms with Crippen molar-refractivity contribution in [3.8, 4) is 0 Å². The average Bonchev–Trinajstić information content (AvgIpc) is 2.68. The summed E-state index contributed by atoms with van der Waals surface area (Å²) in [7, 11) is 0.